The van der Waals surface area contributed by atoms with E-state index >= 15 is 0 Å². The van der Waals surface area contributed by atoms with Crippen LogP contribution >= 0.6 is 0 Å². The molecule has 0 bridgehead atoms. The zero-order chi connectivity index (χ0) is 20.7. The summed E-state index contributed by atoms with van der Waals surface area (Å²) in [5, 5.41) is 0.993. The van der Waals surface area contributed by atoms with Gasteiger partial charge in [0.2, 0.25) is 0 Å². The zero-order valence-electron chi connectivity index (χ0n) is 15.3. The highest BCUT2D eigenvalue weighted by molar-refractivity contribution is 5.93. The summed E-state index contributed by atoms with van der Waals surface area (Å²) in [4.78, 5) is 22.3. The largest absolute Gasteiger partial charge is 0.416 e. The van der Waals surface area contributed by atoms with Crippen LogP contribution in [0.25, 0.3) is 0 Å². The zero-order valence-corrected chi connectivity index (χ0v) is 15.3. The van der Waals surface area contributed by atoms with Crippen LogP contribution in [0.3, 0.4) is 0 Å². The highest BCUT2D eigenvalue weighted by Crippen LogP contribution is 2.29. The number of aromatic nitrogens is 1. The molecule has 150 valence electrons. The molecule has 0 atom stereocenters. The van der Waals surface area contributed by atoms with E-state index < -0.39 is 17.6 Å². The first-order valence-electron chi connectivity index (χ1n) is 8.74. The summed E-state index contributed by atoms with van der Waals surface area (Å²) in [5.41, 5.74) is 3.93. The number of pyridine rings is 1. The summed E-state index contributed by atoms with van der Waals surface area (Å²) >= 11 is 0. The van der Waals surface area contributed by atoms with Gasteiger partial charge in [-0.2, -0.15) is 13.2 Å². The first-order chi connectivity index (χ1) is 13.9. The normalized spacial score (nSPS) is 11.3. The van der Waals surface area contributed by atoms with Crippen molar-refractivity contribution in [3.8, 4) is 0 Å². The highest BCUT2D eigenvalue weighted by atomic mass is 19.4. The van der Waals surface area contributed by atoms with Crippen molar-refractivity contribution in [1.29, 1.82) is 0 Å². The van der Waals surface area contributed by atoms with Crippen molar-refractivity contribution in [3.63, 3.8) is 0 Å². The molecule has 0 fully saturated rings. The Bertz CT molecular complexity index is 917. The van der Waals surface area contributed by atoms with Crippen LogP contribution in [-0.4, -0.2) is 16.1 Å². The lowest BCUT2D eigenvalue weighted by Crippen LogP contribution is -2.42. The molecular weight excluding hydrogens is 383 g/mol. The van der Waals surface area contributed by atoms with Gasteiger partial charge in [0.15, 0.2) is 0 Å². The van der Waals surface area contributed by atoms with E-state index in [0.29, 0.717) is 17.7 Å². The fraction of sp³-hybridized carbons (Fsp3) is 0.143. The number of carbonyl (C=O) groups is 1. The van der Waals surface area contributed by atoms with Crippen LogP contribution in [0.2, 0.25) is 0 Å². The van der Waals surface area contributed by atoms with Crippen molar-refractivity contribution in [2.75, 3.05) is 0 Å². The summed E-state index contributed by atoms with van der Waals surface area (Å²) in [6.45, 7) is 0.216. The van der Waals surface area contributed by atoms with Gasteiger partial charge in [0, 0.05) is 24.5 Å². The quantitative estimate of drug-likeness (QED) is 0.597. The summed E-state index contributed by atoms with van der Waals surface area (Å²) in [6, 6.07) is 16.7. The Morgan fingerprint density at radius 2 is 1.59 bits per heavy atom. The maximum absolute atomic E-state index is 12.8. The third kappa shape index (κ3) is 5.87. The molecule has 0 unspecified atom stereocenters. The van der Waals surface area contributed by atoms with Crippen molar-refractivity contribution >= 4 is 5.91 Å². The number of hydrazine groups is 1. The number of amides is 1. The van der Waals surface area contributed by atoms with Crippen molar-refractivity contribution in [1.82, 2.24) is 15.6 Å². The lowest BCUT2D eigenvalue weighted by Gasteiger charge is -2.22. The van der Waals surface area contributed by atoms with Crippen LogP contribution in [0.4, 0.5) is 13.2 Å². The Morgan fingerprint density at radius 3 is 2.21 bits per heavy atom. The molecule has 2 aromatic carbocycles. The average molecular weight is 401 g/mol. The number of nitrogens with one attached hydrogen (secondary N) is 1. The van der Waals surface area contributed by atoms with Crippen LogP contribution in [0.15, 0.2) is 79.1 Å². The number of hydrogen-bond acceptors (Lipinski definition) is 4. The summed E-state index contributed by atoms with van der Waals surface area (Å²) in [5.74, 6) is -0.424. The molecule has 0 radical (unpaired) electrons. The third-order valence-electron chi connectivity index (χ3n) is 4.02. The SMILES string of the molecule is O=C(c1ccccc1)N(NCc1ccncc1)OCc1ccc(C(F)(F)F)cc1. The number of rotatable bonds is 7. The molecule has 8 heteroatoms. The first kappa shape index (κ1) is 20.5. The topological polar surface area (TPSA) is 54.5 Å². The van der Waals surface area contributed by atoms with Gasteiger partial charge in [-0.05, 0) is 47.5 Å². The van der Waals surface area contributed by atoms with Crippen LogP contribution in [0, 0.1) is 0 Å². The molecule has 1 heterocycles. The van der Waals surface area contributed by atoms with Gasteiger partial charge in [-0.3, -0.25) is 14.6 Å². The van der Waals surface area contributed by atoms with Gasteiger partial charge in [-0.1, -0.05) is 30.3 Å². The molecule has 0 saturated carbocycles. The van der Waals surface area contributed by atoms with E-state index in [2.05, 4.69) is 10.4 Å². The Kier molecular flexibility index (Phi) is 6.58. The minimum absolute atomic E-state index is 0.0833. The molecule has 0 saturated heterocycles. The lowest BCUT2D eigenvalue weighted by molar-refractivity contribution is -0.168. The maximum atomic E-state index is 12.8. The van der Waals surface area contributed by atoms with E-state index in [-0.39, 0.29) is 6.61 Å². The maximum Gasteiger partial charge on any atom is 0.416 e. The van der Waals surface area contributed by atoms with E-state index in [1.165, 1.54) is 12.1 Å². The molecule has 5 nitrogen and oxygen atoms in total. The second-order valence-electron chi connectivity index (χ2n) is 6.12. The summed E-state index contributed by atoms with van der Waals surface area (Å²) in [7, 11) is 0. The summed E-state index contributed by atoms with van der Waals surface area (Å²) < 4.78 is 38.1. The molecule has 29 heavy (non-hydrogen) atoms. The van der Waals surface area contributed by atoms with Gasteiger partial charge in [-0.15, -0.1) is 5.17 Å². The number of halogens is 3. The molecular formula is C21H18F3N3O2. The number of hydroxylamine groups is 1. The average Bonchev–Trinajstić information content (AvgIpc) is 2.74. The molecule has 3 rings (SSSR count). The molecule has 0 aliphatic heterocycles. The van der Waals surface area contributed by atoms with E-state index in [1.807, 2.05) is 0 Å². The minimum atomic E-state index is -4.40. The minimum Gasteiger partial charge on any atom is -0.265 e. The van der Waals surface area contributed by atoms with E-state index in [4.69, 9.17) is 4.84 Å². The standard InChI is InChI=1S/C21H18F3N3O2/c22-21(23,24)19-8-6-17(7-9-19)15-29-27(20(28)18-4-2-1-3-5-18)26-14-16-10-12-25-13-11-16/h1-13,26H,14-15H2. The molecule has 0 spiro atoms. The number of hydrogen-bond donors (Lipinski definition) is 1. The number of alkyl halides is 3. The second kappa shape index (κ2) is 9.31. The van der Waals surface area contributed by atoms with Crippen molar-refractivity contribution in [2.24, 2.45) is 0 Å². The van der Waals surface area contributed by atoms with Crippen LogP contribution < -0.4 is 5.43 Å². The fourth-order valence-corrected chi connectivity index (χ4v) is 2.47. The summed E-state index contributed by atoms with van der Waals surface area (Å²) in [6.07, 6.45) is -1.15. The Hall–Kier alpha value is -3.23. The molecule has 3 aromatic rings. The lowest BCUT2D eigenvalue weighted by atomic mass is 10.1. The van der Waals surface area contributed by atoms with Gasteiger partial charge in [0.25, 0.3) is 5.91 Å². The predicted octanol–water partition coefficient (Wildman–Crippen LogP) is 4.38. The van der Waals surface area contributed by atoms with Gasteiger partial charge < -0.3 is 0 Å². The van der Waals surface area contributed by atoms with Crippen LogP contribution in [-0.2, 0) is 24.2 Å². The molecule has 0 aliphatic carbocycles. The van der Waals surface area contributed by atoms with Crippen LogP contribution in [0.5, 0.6) is 0 Å². The Balaban J connectivity index is 1.69. The molecule has 1 N–H and O–H groups in total. The van der Waals surface area contributed by atoms with Gasteiger partial charge in [-0.25, -0.2) is 5.43 Å². The van der Waals surface area contributed by atoms with Gasteiger partial charge >= 0.3 is 6.18 Å². The van der Waals surface area contributed by atoms with E-state index in [1.54, 1.807) is 54.9 Å². The number of benzene rings is 2. The van der Waals surface area contributed by atoms with Crippen molar-refractivity contribution < 1.29 is 22.8 Å². The molecule has 1 aromatic heterocycles. The molecule has 1 amide bonds. The van der Waals surface area contributed by atoms with Gasteiger partial charge in [0.1, 0.15) is 6.61 Å². The van der Waals surface area contributed by atoms with E-state index in [9.17, 15) is 18.0 Å². The van der Waals surface area contributed by atoms with E-state index in [0.717, 1.165) is 22.9 Å². The van der Waals surface area contributed by atoms with Gasteiger partial charge in [0.05, 0.1) is 5.56 Å². The highest BCUT2D eigenvalue weighted by Gasteiger charge is 2.30. The smallest absolute Gasteiger partial charge is 0.265 e. The second-order valence-corrected chi connectivity index (χ2v) is 6.12. The first-order valence-corrected chi connectivity index (χ1v) is 8.74. The van der Waals surface area contributed by atoms with Crippen molar-refractivity contribution in [2.45, 2.75) is 19.3 Å². The van der Waals surface area contributed by atoms with Crippen molar-refractivity contribution in [3.05, 3.63) is 101 Å². The third-order valence-corrected chi connectivity index (χ3v) is 4.02. The van der Waals surface area contributed by atoms with Crippen LogP contribution in [0.1, 0.15) is 27.0 Å². The Morgan fingerprint density at radius 1 is 0.931 bits per heavy atom. The predicted molar refractivity (Wildman–Crippen MR) is 99.9 cm³/mol. The Labute approximate surface area is 165 Å². The number of nitrogens with zero attached hydrogens (tertiary/aromatic N) is 2. The molecule has 0 aliphatic rings. The fourth-order valence-electron chi connectivity index (χ4n) is 2.47. The monoisotopic (exact) mass is 401 g/mol. The number of carbonyl (C=O) groups excluding carboxylic acids is 1.